The largest absolute Gasteiger partial charge is 0.457 e. The zero-order chi connectivity index (χ0) is 63.7. The van der Waals surface area contributed by atoms with Crippen LogP contribution in [0.25, 0.3) is 52.9 Å². The number of fused-ring (bicyclic) bond motifs is 3. The molecular weight excluding hydrogens is 1220 g/mol. The summed E-state index contributed by atoms with van der Waals surface area (Å²) >= 11 is 3.68. The molecule has 6 N–H and O–H groups in total. The maximum absolute atomic E-state index is 14.4. The van der Waals surface area contributed by atoms with E-state index in [9.17, 15) is 24.0 Å². The summed E-state index contributed by atoms with van der Waals surface area (Å²) in [5.41, 5.74) is 18.2. The van der Waals surface area contributed by atoms with Crippen LogP contribution in [0.15, 0.2) is 164 Å². The Labute approximate surface area is 542 Å². The molecule has 1 saturated heterocycles. The molecule has 11 aromatic rings. The molecule has 4 heterocycles. The van der Waals surface area contributed by atoms with E-state index in [1.165, 1.54) is 34.6 Å². The number of rotatable bonds is 23. The number of anilines is 3. The Morgan fingerprint density at radius 2 is 1.03 bits per heavy atom. The molecule has 12 rings (SSSR count). The van der Waals surface area contributed by atoms with Gasteiger partial charge in [0.05, 0.1) is 43.0 Å². The highest BCUT2D eigenvalue weighted by atomic mass is 32.1. The normalized spacial score (nSPS) is 13.6. The number of hydrogen-bond donors (Lipinski definition) is 5. The molecule has 3 amide bonds. The van der Waals surface area contributed by atoms with Crippen LogP contribution < -0.4 is 27.0 Å². The van der Waals surface area contributed by atoms with Gasteiger partial charge in [0.2, 0.25) is 17.7 Å². The Balaban J connectivity index is 0.679. The molecule has 0 radical (unpaired) electrons. The molecular formula is C69H65N13O7S3. The lowest BCUT2D eigenvalue weighted by atomic mass is 9.94. The number of carbonyl (C=O) groups is 5. The van der Waals surface area contributed by atoms with E-state index in [0.717, 1.165) is 79.2 Å². The second-order valence-corrected chi connectivity index (χ2v) is 25.3. The quantitative estimate of drug-likeness (QED) is 0.0373. The molecule has 1 fully saturated rings. The highest BCUT2D eigenvalue weighted by Crippen LogP contribution is 2.37. The monoisotopic (exact) mass is 1280 g/mol. The van der Waals surface area contributed by atoms with E-state index in [1.807, 2.05) is 147 Å². The molecule has 3 unspecified atom stereocenters. The van der Waals surface area contributed by atoms with Crippen LogP contribution in [0.4, 0.5) is 17.1 Å². The molecule has 20 nitrogen and oxygen atoms in total. The summed E-state index contributed by atoms with van der Waals surface area (Å²) in [5, 5.41) is 25.7. The average Bonchev–Trinajstić information content (AvgIpc) is 3.12. The number of amides is 3. The molecule has 8 aromatic carbocycles. The summed E-state index contributed by atoms with van der Waals surface area (Å²) in [4.78, 5) is 73.8. The summed E-state index contributed by atoms with van der Waals surface area (Å²) in [5.74, 6) is -3.12. The number of aromatic nitrogens is 6. The van der Waals surface area contributed by atoms with Crippen molar-refractivity contribution in [3.05, 3.63) is 208 Å². The zero-order valence-electron chi connectivity index (χ0n) is 50.6. The van der Waals surface area contributed by atoms with Gasteiger partial charge in [-0.05, 0) is 174 Å². The Morgan fingerprint density at radius 3 is 1.59 bits per heavy atom. The van der Waals surface area contributed by atoms with Gasteiger partial charge in [0.15, 0.2) is 0 Å². The van der Waals surface area contributed by atoms with Crippen LogP contribution in [0.2, 0.25) is 0 Å². The van der Waals surface area contributed by atoms with Crippen LogP contribution in [-0.2, 0) is 37.1 Å². The topological polar surface area (TPSA) is 262 Å². The van der Waals surface area contributed by atoms with Crippen molar-refractivity contribution in [1.29, 1.82) is 0 Å². The van der Waals surface area contributed by atoms with Crippen LogP contribution in [-0.4, -0.2) is 128 Å². The second kappa shape index (κ2) is 28.7. The van der Waals surface area contributed by atoms with E-state index in [-0.39, 0.29) is 30.9 Å². The average molecular weight is 1280 g/mol. The fourth-order valence-corrected chi connectivity index (χ4v) is 13.1. The summed E-state index contributed by atoms with van der Waals surface area (Å²) < 4.78 is 26.5. The number of hydrogen-bond acceptors (Lipinski definition) is 20. The van der Waals surface area contributed by atoms with Crippen molar-refractivity contribution in [2.45, 2.75) is 44.3 Å². The third-order valence-electron chi connectivity index (χ3n) is 16.2. The fraction of sp³-hybridized carbons (Fsp3) is 0.232. The van der Waals surface area contributed by atoms with Crippen molar-refractivity contribution in [3.8, 4) is 22.3 Å². The molecule has 0 spiro atoms. The predicted octanol–water partition coefficient (Wildman–Crippen LogP) is 11.0. The first-order valence-electron chi connectivity index (χ1n) is 30.0. The lowest BCUT2D eigenvalue weighted by molar-refractivity contribution is -0.118. The Hall–Kier alpha value is -9.59. The lowest BCUT2D eigenvalue weighted by Crippen LogP contribution is -2.46. The summed E-state index contributed by atoms with van der Waals surface area (Å²) in [6.07, 6.45) is 0.434. The van der Waals surface area contributed by atoms with Gasteiger partial charge >= 0.3 is 11.9 Å². The number of nitrogens with two attached hydrogens (primary N) is 1. The van der Waals surface area contributed by atoms with Crippen molar-refractivity contribution in [3.63, 3.8) is 0 Å². The van der Waals surface area contributed by atoms with Crippen LogP contribution >= 0.6 is 34.6 Å². The van der Waals surface area contributed by atoms with Gasteiger partial charge in [0, 0.05) is 67.5 Å². The van der Waals surface area contributed by atoms with Gasteiger partial charge < -0.3 is 41.4 Å². The minimum absolute atomic E-state index is 0.00593. The van der Waals surface area contributed by atoms with Gasteiger partial charge in [0.1, 0.15) is 29.8 Å². The number of nitrogens with one attached hydrogen (secondary N) is 4. The van der Waals surface area contributed by atoms with Crippen molar-refractivity contribution in [1.82, 2.24) is 43.9 Å². The highest BCUT2D eigenvalue weighted by Gasteiger charge is 2.28. The summed E-state index contributed by atoms with van der Waals surface area (Å²) in [6, 6.07) is 50.0. The first-order valence-corrected chi connectivity index (χ1v) is 32.4. The zero-order valence-corrected chi connectivity index (χ0v) is 53.1. The first kappa shape index (κ1) is 62.6. The Morgan fingerprint density at radius 1 is 0.554 bits per heavy atom. The molecule has 92 heavy (non-hydrogen) atoms. The van der Waals surface area contributed by atoms with Crippen LogP contribution in [0.1, 0.15) is 78.3 Å². The summed E-state index contributed by atoms with van der Waals surface area (Å²) in [6.45, 7) is 6.76. The van der Waals surface area contributed by atoms with Crippen molar-refractivity contribution in [2.75, 3.05) is 75.9 Å². The van der Waals surface area contributed by atoms with Crippen molar-refractivity contribution >= 4 is 112 Å². The number of esters is 2. The minimum atomic E-state index is -0.601. The van der Waals surface area contributed by atoms with Gasteiger partial charge in [-0.2, -0.15) is 0 Å². The number of ether oxygens (including phenoxy) is 2. The van der Waals surface area contributed by atoms with Gasteiger partial charge in [-0.15, -0.1) is 15.3 Å². The van der Waals surface area contributed by atoms with E-state index < -0.39 is 29.7 Å². The van der Waals surface area contributed by atoms with E-state index in [4.69, 9.17) is 15.2 Å². The predicted molar refractivity (Wildman–Crippen MR) is 361 cm³/mol. The van der Waals surface area contributed by atoms with Gasteiger partial charge in [-0.1, -0.05) is 116 Å². The number of aryl methyl sites for hydroxylation is 1. The first-order chi connectivity index (χ1) is 44.8. The SMILES string of the molecule is Cc1ccc(C(CN2CCNCC2)C(=O)Nc2cc(-c3cccc(C(=O)OCc4ccc(C(CN(C)C)C(=O)Nc5cc(-c6cccc(C(=O)OCc7ccc(C(CCN)C(=O)Nc8ccc9nnsc9c8)cc7)c6)c6nnsc6c5)cc4)c3)c3nnsc3c2)cc1. The van der Waals surface area contributed by atoms with E-state index in [1.54, 1.807) is 42.5 Å². The number of piperazine rings is 1. The number of benzene rings is 8. The molecule has 1 aliphatic heterocycles. The summed E-state index contributed by atoms with van der Waals surface area (Å²) in [7, 11) is 3.81. The molecule has 0 aliphatic carbocycles. The third kappa shape index (κ3) is 14.9. The van der Waals surface area contributed by atoms with Crippen LogP contribution in [0.5, 0.6) is 0 Å². The molecule has 3 atom stereocenters. The molecule has 0 bridgehead atoms. The number of nitrogens with zero attached hydrogens (tertiary/aromatic N) is 8. The van der Waals surface area contributed by atoms with E-state index >= 15 is 0 Å². The Kier molecular flexibility index (Phi) is 19.5. The second-order valence-electron chi connectivity index (χ2n) is 23.0. The van der Waals surface area contributed by atoms with E-state index in [2.05, 4.69) is 54.9 Å². The maximum Gasteiger partial charge on any atom is 0.338 e. The lowest BCUT2D eigenvalue weighted by Gasteiger charge is -2.30. The van der Waals surface area contributed by atoms with Crippen LogP contribution in [0, 0.1) is 6.92 Å². The number of carbonyl (C=O) groups excluding carboxylic acids is 5. The van der Waals surface area contributed by atoms with E-state index in [0.29, 0.717) is 87.5 Å². The van der Waals surface area contributed by atoms with Crippen molar-refractivity contribution in [2.24, 2.45) is 5.73 Å². The van der Waals surface area contributed by atoms with Gasteiger partial charge in [0.25, 0.3) is 0 Å². The molecule has 1 aliphatic rings. The maximum atomic E-state index is 14.4. The van der Waals surface area contributed by atoms with Crippen molar-refractivity contribution < 1.29 is 33.4 Å². The Bertz CT molecular complexity index is 4470. The molecule has 23 heteroatoms. The molecule has 3 aromatic heterocycles. The van der Waals surface area contributed by atoms with Crippen LogP contribution in [0.3, 0.4) is 0 Å². The fourth-order valence-electron chi connectivity index (χ4n) is 11.3. The molecule has 0 saturated carbocycles. The smallest absolute Gasteiger partial charge is 0.338 e. The van der Waals surface area contributed by atoms with Gasteiger partial charge in [-0.25, -0.2) is 9.59 Å². The minimum Gasteiger partial charge on any atom is -0.457 e. The highest BCUT2D eigenvalue weighted by molar-refractivity contribution is 7.13. The third-order valence-corrected chi connectivity index (χ3v) is 18.2. The number of likely N-dealkylation sites (N-methyl/N-ethyl adjacent to an activating group) is 1. The standard InChI is InChI=1S/C69H65N13O7S3/c1-41-10-16-45(17-11-41)58(38-82-28-26-71-27-29-82)67(85)74-53-33-56(64-62(36-53)92-80-77-64)48-7-5-9-50(31-48)69(87)89-40-43-14-20-46(21-15-43)57(37-81(2)3)66(84)73-52-32-55(63-61(35-52)91-79-76-63)47-6-4-8-49(30-47)68(86)88-39-42-12-18-44(19-13-42)54(24-25-70)65(83)72-51-22-23-59-60(34-51)90-78-75-59/h4-23,30-36,54,57-58,71H,24-29,37-40,70H2,1-3H3,(H,72,83)(H,73,84)(H,74,85). The van der Waals surface area contributed by atoms with Gasteiger partial charge in [-0.3, -0.25) is 19.3 Å². The molecule has 466 valence electrons.